The van der Waals surface area contributed by atoms with Crippen LogP contribution in [0.5, 0.6) is 0 Å². The summed E-state index contributed by atoms with van der Waals surface area (Å²) in [5.41, 5.74) is 1.03. The van der Waals surface area contributed by atoms with Crippen molar-refractivity contribution in [2.24, 2.45) is 0 Å². The number of rotatable bonds is 3. The molecule has 2 aromatic heterocycles. The Kier molecular flexibility index (Phi) is 4.07. The van der Waals surface area contributed by atoms with Gasteiger partial charge in [0.1, 0.15) is 0 Å². The quantitative estimate of drug-likeness (QED) is 0.801. The van der Waals surface area contributed by atoms with Crippen molar-refractivity contribution in [1.82, 2.24) is 4.31 Å². The minimum atomic E-state index is -3.76. The van der Waals surface area contributed by atoms with Gasteiger partial charge in [-0.3, -0.25) is 0 Å². The van der Waals surface area contributed by atoms with Crippen molar-refractivity contribution < 1.29 is 22.4 Å². The van der Waals surface area contributed by atoms with E-state index in [4.69, 9.17) is 4.42 Å². The topological polar surface area (TPSA) is 76.8 Å². The Hall–Kier alpha value is -1.64. The van der Waals surface area contributed by atoms with Crippen LogP contribution in [0.1, 0.15) is 27.4 Å². The number of carbonyl (C=O) groups excluding carboxylic acids is 1. The van der Waals surface area contributed by atoms with Crippen LogP contribution >= 0.6 is 11.3 Å². The Bertz CT molecular complexity index is 790. The summed E-state index contributed by atoms with van der Waals surface area (Å²) in [7, 11) is -2.55. The van der Waals surface area contributed by atoms with Crippen molar-refractivity contribution in [3.63, 3.8) is 0 Å². The Morgan fingerprint density at radius 1 is 1.36 bits per heavy atom. The number of esters is 1. The van der Waals surface area contributed by atoms with Crippen LogP contribution in [0, 0.1) is 0 Å². The Labute approximate surface area is 132 Å². The highest BCUT2D eigenvalue weighted by Gasteiger charge is 2.30. The smallest absolute Gasteiger partial charge is 0.374 e. The lowest BCUT2D eigenvalue weighted by Gasteiger charge is -2.18. The normalized spacial score (nSPS) is 16.0. The van der Waals surface area contributed by atoms with E-state index in [9.17, 15) is 13.2 Å². The highest BCUT2D eigenvalue weighted by molar-refractivity contribution is 7.89. The summed E-state index contributed by atoms with van der Waals surface area (Å²) in [5.74, 6) is -0.815. The van der Waals surface area contributed by atoms with E-state index in [0.29, 0.717) is 13.1 Å². The molecule has 1 aliphatic rings. The molecule has 0 amide bonds. The van der Waals surface area contributed by atoms with Crippen molar-refractivity contribution in [3.05, 3.63) is 39.8 Å². The Morgan fingerprint density at radius 3 is 2.95 bits per heavy atom. The third kappa shape index (κ3) is 2.69. The second-order valence-corrected chi connectivity index (χ2v) is 7.79. The van der Waals surface area contributed by atoms with Gasteiger partial charge in [-0.15, -0.1) is 11.3 Å². The molecule has 0 aromatic carbocycles. The van der Waals surface area contributed by atoms with E-state index in [1.807, 2.05) is 11.4 Å². The van der Waals surface area contributed by atoms with Crippen molar-refractivity contribution in [1.29, 1.82) is 0 Å². The number of fused-ring (bicyclic) bond motifs is 1. The standard InChI is InChI=1S/C14H15NO5S2/c1-19-14(16)11-4-5-13(20-11)22(17,18)15-7-2-3-12-10(9-15)6-8-21-12/h4-6,8H,2-3,7,9H2,1H3. The zero-order chi connectivity index (χ0) is 15.7. The molecule has 6 nitrogen and oxygen atoms in total. The average Bonchev–Trinajstić information content (AvgIpc) is 3.12. The molecule has 0 atom stereocenters. The van der Waals surface area contributed by atoms with Crippen molar-refractivity contribution in [3.8, 4) is 0 Å². The van der Waals surface area contributed by atoms with Crippen molar-refractivity contribution in [2.45, 2.75) is 24.5 Å². The maximum absolute atomic E-state index is 12.7. The average molecular weight is 341 g/mol. The lowest BCUT2D eigenvalue weighted by Crippen LogP contribution is -2.30. The van der Waals surface area contributed by atoms with Gasteiger partial charge in [0.2, 0.25) is 10.9 Å². The fourth-order valence-corrected chi connectivity index (χ4v) is 4.72. The lowest BCUT2D eigenvalue weighted by molar-refractivity contribution is 0.0558. The molecule has 1 aliphatic heterocycles. The molecule has 0 aliphatic carbocycles. The Balaban J connectivity index is 1.89. The van der Waals surface area contributed by atoms with E-state index in [1.165, 1.54) is 28.4 Å². The van der Waals surface area contributed by atoms with Crippen LogP contribution in [0.15, 0.2) is 33.1 Å². The largest absolute Gasteiger partial charge is 0.463 e. The third-order valence-corrected chi connectivity index (χ3v) is 6.30. The zero-order valence-electron chi connectivity index (χ0n) is 11.9. The van der Waals surface area contributed by atoms with Crippen LogP contribution in [-0.2, 0) is 27.7 Å². The lowest BCUT2D eigenvalue weighted by atomic mass is 10.2. The SMILES string of the molecule is COC(=O)c1ccc(S(=O)(=O)N2CCCc3sccc3C2)o1. The van der Waals surface area contributed by atoms with E-state index >= 15 is 0 Å². The molecule has 0 fully saturated rings. The molecule has 0 N–H and O–H groups in total. The van der Waals surface area contributed by atoms with Gasteiger partial charge in [-0.2, -0.15) is 4.31 Å². The second kappa shape index (κ2) is 5.86. The van der Waals surface area contributed by atoms with E-state index in [0.717, 1.165) is 18.4 Å². The first-order valence-corrected chi connectivity index (χ1v) is 9.08. The molecule has 3 heterocycles. The number of ether oxygens (including phenoxy) is 1. The molecule has 0 radical (unpaired) electrons. The van der Waals surface area contributed by atoms with Crippen molar-refractivity contribution in [2.75, 3.05) is 13.7 Å². The number of hydrogen-bond acceptors (Lipinski definition) is 6. The molecule has 0 spiro atoms. The second-order valence-electron chi connectivity index (χ2n) is 4.92. The third-order valence-electron chi connectivity index (χ3n) is 3.56. The molecule has 8 heteroatoms. The number of hydrogen-bond donors (Lipinski definition) is 0. The van der Waals surface area contributed by atoms with E-state index in [-0.39, 0.29) is 10.9 Å². The van der Waals surface area contributed by atoms with Crippen LogP contribution in [0.25, 0.3) is 0 Å². The summed E-state index contributed by atoms with van der Waals surface area (Å²) in [5, 5.41) is 1.75. The van der Waals surface area contributed by atoms with Gasteiger partial charge in [-0.1, -0.05) is 0 Å². The van der Waals surface area contributed by atoms with Gasteiger partial charge >= 0.3 is 5.97 Å². The van der Waals surface area contributed by atoms with Gasteiger partial charge in [0.25, 0.3) is 10.0 Å². The van der Waals surface area contributed by atoms with Crippen LogP contribution in [0.3, 0.4) is 0 Å². The van der Waals surface area contributed by atoms with Gasteiger partial charge in [-0.25, -0.2) is 13.2 Å². The van der Waals surface area contributed by atoms with E-state index in [2.05, 4.69) is 4.74 Å². The fourth-order valence-electron chi connectivity index (χ4n) is 2.41. The summed E-state index contributed by atoms with van der Waals surface area (Å²) in [6.07, 6.45) is 1.64. The maximum atomic E-state index is 12.7. The number of furan rings is 1. The molecule has 118 valence electrons. The maximum Gasteiger partial charge on any atom is 0.374 e. The number of thiophene rings is 1. The fraction of sp³-hybridized carbons (Fsp3) is 0.357. The first-order chi connectivity index (χ1) is 10.5. The summed E-state index contributed by atoms with van der Waals surface area (Å²) < 4.78 is 36.4. The number of aryl methyl sites for hydroxylation is 1. The minimum absolute atomic E-state index is 0.118. The van der Waals surface area contributed by atoms with Crippen LogP contribution < -0.4 is 0 Å². The molecular weight excluding hydrogens is 326 g/mol. The van der Waals surface area contributed by atoms with Crippen LogP contribution in [0.2, 0.25) is 0 Å². The van der Waals surface area contributed by atoms with Gasteiger partial charge < -0.3 is 9.15 Å². The molecule has 22 heavy (non-hydrogen) atoms. The van der Waals surface area contributed by atoms with Gasteiger partial charge in [0.15, 0.2) is 0 Å². The molecule has 0 unspecified atom stereocenters. The highest BCUT2D eigenvalue weighted by Crippen LogP contribution is 2.28. The minimum Gasteiger partial charge on any atom is -0.463 e. The van der Waals surface area contributed by atoms with Crippen molar-refractivity contribution >= 4 is 27.3 Å². The summed E-state index contributed by atoms with van der Waals surface area (Å²) in [6, 6.07) is 4.56. The first-order valence-electron chi connectivity index (χ1n) is 6.76. The number of carbonyl (C=O) groups is 1. The first kappa shape index (κ1) is 15.3. The molecule has 2 aromatic rings. The van der Waals surface area contributed by atoms with Crippen LogP contribution in [-0.4, -0.2) is 32.3 Å². The number of methoxy groups -OCH3 is 1. The Morgan fingerprint density at radius 2 is 2.18 bits per heavy atom. The molecule has 0 saturated carbocycles. The predicted octanol–water partition coefficient (Wildman–Crippen LogP) is 2.26. The summed E-state index contributed by atoms with van der Waals surface area (Å²) >= 11 is 1.65. The van der Waals surface area contributed by atoms with Gasteiger partial charge in [-0.05, 0) is 42.0 Å². The van der Waals surface area contributed by atoms with Crippen LogP contribution in [0.4, 0.5) is 0 Å². The number of sulfonamides is 1. The molecule has 0 saturated heterocycles. The molecule has 3 rings (SSSR count). The van der Waals surface area contributed by atoms with E-state index in [1.54, 1.807) is 11.3 Å². The highest BCUT2D eigenvalue weighted by atomic mass is 32.2. The summed E-state index contributed by atoms with van der Waals surface area (Å²) in [6.45, 7) is 0.757. The van der Waals surface area contributed by atoms with Gasteiger partial charge in [0, 0.05) is 18.0 Å². The molecule has 0 bridgehead atoms. The zero-order valence-corrected chi connectivity index (χ0v) is 13.6. The summed E-state index contributed by atoms with van der Waals surface area (Å²) in [4.78, 5) is 12.6. The number of nitrogens with zero attached hydrogens (tertiary/aromatic N) is 1. The van der Waals surface area contributed by atoms with Gasteiger partial charge in [0.05, 0.1) is 7.11 Å². The molecular formula is C14H15NO5S2. The van der Waals surface area contributed by atoms with E-state index < -0.39 is 16.0 Å². The monoisotopic (exact) mass is 341 g/mol. The predicted molar refractivity (Wildman–Crippen MR) is 80.3 cm³/mol.